The highest BCUT2D eigenvalue weighted by Crippen LogP contribution is 2.40. The number of carbonyl (C=O) groups is 2. The molecule has 0 saturated heterocycles. The van der Waals surface area contributed by atoms with Crippen molar-refractivity contribution >= 4 is 39.3 Å². The minimum Gasteiger partial charge on any atom is -0.455 e. The molecule has 1 fully saturated rings. The Morgan fingerprint density at radius 3 is 2.47 bits per heavy atom. The van der Waals surface area contributed by atoms with Crippen LogP contribution in [0.15, 0.2) is 53.7 Å². The Morgan fingerprint density at radius 2 is 1.86 bits per heavy atom. The monoisotopic (exact) mass is 583 g/mol. The smallest absolute Gasteiger partial charge is 0.420 e. The van der Waals surface area contributed by atoms with Crippen molar-refractivity contribution in [2.24, 2.45) is 0 Å². The van der Waals surface area contributed by atoms with Crippen molar-refractivity contribution in [1.82, 2.24) is 25.6 Å². The van der Waals surface area contributed by atoms with Crippen molar-refractivity contribution in [3.8, 4) is 11.5 Å². The third-order valence-electron chi connectivity index (χ3n) is 5.44. The molecular weight excluding hydrogens is 567 g/mol. The fraction of sp³-hybridized carbons (Fsp3) is 0.261. The minimum atomic E-state index is -4.63. The number of amides is 2. The molecular formula is C23H18BrClF3N5O3. The normalized spacial score (nSPS) is 15.1. The van der Waals surface area contributed by atoms with Gasteiger partial charge in [-0.25, -0.2) is 9.97 Å². The Bertz CT molecular complexity index is 1310. The average Bonchev–Trinajstić information content (AvgIpc) is 3.61. The molecule has 2 aromatic heterocycles. The number of pyridine rings is 1. The molecule has 36 heavy (non-hydrogen) atoms. The lowest BCUT2D eigenvalue weighted by molar-refractivity contribution is -0.138. The molecule has 2 N–H and O–H groups in total. The number of nitrogens with zero attached hydrogens (tertiary/aromatic N) is 3. The maximum atomic E-state index is 13.4. The number of nitrogens with one attached hydrogen (secondary N) is 2. The van der Waals surface area contributed by atoms with Crippen LogP contribution in [-0.2, 0) is 11.0 Å². The summed E-state index contributed by atoms with van der Waals surface area (Å²) in [7, 11) is 0. The average molecular weight is 585 g/mol. The van der Waals surface area contributed by atoms with Crippen LogP contribution in [0.4, 0.5) is 13.2 Å². The summed E-state index contributed by atoms with van der Waals surface area (Å²) in [6.07, 6.45) is 1.48. The number of alkyl halides is 3. The van der Waals surface area contributed by atoms with Gasteiger partial charge < -0.3 is 15.4 Å². The molecule has 2 amide bonds. The molecule has 1 aromatic carbocycles. The SMILES string of the molecule is CC(NC(=O)C1(NC(=O)c2cncnc2)CC1)c1ncc(Oc2ccc(Br)cc2C(F)(F)F)cc1Cl. The standard InChI is InChI=1S/C23H18BrClF3N5O3/c1-12(32-21(35)22(4-5-22)33-20(34)13-8-29-11-30-9-13)19-17(25)7-15(10-31-19)36-18-3-2-14(24)6-16(18)23(26,27)28/h2-3,6-12H,4-5H2,1H3,(H,32,35)(H,33,34). The molecule has 1 unspecified atom stereocenters. The lowest BCUT2D eigenvalue weighted by Gasteiger charge is -2.21. The zero-order chi connectivity index (χ0) is 26.1. The van der Waals surface area contributed by atoms with Crippen LogP contribution in [-0.4, -0.2) is 32.3 Å². The molecule has 8 nitrogen and oxygen atoms in total. The highest BCUT2D eigenvalue weighted by atomic mass is 79.9. The summed E-state index contributed by atoms with van der Waals surface area (Å²) in [4.78, 5) is 37.1. The maximum absolute atomic E-state index is 13.4. The Hall–Kier alpha value is -3.25. The maximum Gasteiger partial charge on any atom is 0.420 e. The third-order valence-corrected chi connectivity index (χ3v) is 6.23. The van der Waals surface area contributed by atoms with Gasteiger partial charge in [-0.2, -0.15) is 13.2 Å². The van der Waals surface area contributed by atoms with Gasteiger partial charge in [0.25, 0.3) is 5.91 Å². The van der Waals surface area contributed by atoms with E-state index in [1.807, 2.05) is 0 Å². The van der Waals surface area contributed by atoms with Crippen LogP contribution in [0.2, 0.25) is 5.02 Å². The van der Waals surface area contributed by atoms with Crippen LogP contribution < -0.4 is 15.4 Å². The first-order valence-electron chi connectivity index (χ1n) is 10.6. The quantitative estimate of drug-likeness (QED) is 0.394. The minimum absolute atomic E-state index is 0.00824. The molecule has 2 heterocycles. The van der Waals surface area contributed by atoms with E-state index in [9.17, 15) is 22.8 Å². The number of benzene rings is 1. The molecule has 4 rings (SSSR count). The van der Waals surface area contributed by atoms with E-state index in [0.29, 0.717) is 12.8 Å². The number of rotatable bonds is 7. The van der Waals surface area contributed by atoms with Crippen molar-refractivity contribution < 1.29 is 27.5 Å². The molecule has 1 saturated carbocycles. The Balaban J connectivity index is 1.44. The summed E-state index contributed by atoms with van der Waals surface area (Å²) in [5.41, 5.74) is -1.52. The first-order chi connectivity index (χ1) is 17.0. The van der Waals surface area contributed by atoms with Gasteiger partial charge in [0.05, 0.1) is 34.1 Å². The molecule has 1 aliphatic carbocycles. The van der Waals surface area contributed by atoms with Crippen molar-refractivity contribution in [2.75, 3.05) is 0 Å². The predicted octanol–water partition coefficient (Wildman–Crippen LogP) is 5.24. The second kappa shape index (κ2) is 10.0. The summed E-state index contributed by atoms with van der Waals surface area (Å²) in [5.74, 6) is -1.30. The van der Waals surface area contributed by atoms with E-state index in [1.54, 1.807) is 6.92 Å². The summed E-state index contributed by atoms with van der Waals surface area (Å²) in [6.45, 7) is 1.64. The Kier molecular flexibility index (Phi) is 7.19. The summed E-state index contributed by atoms with van der Waals surface area (Å²) < 4.78 is 45.7. The van der Waals surface area contributed by atoms with Crippen LogP contribution in [0, 0.1) is 0 Å². The van der Waals surface area contributed by atoms with Gasteiger partial charge in [0, 0.05) is 22.9 Å². The lowest BCUT2D eigenvalue weighted by atomic mass is 10.1. The van der Waals surface area contributed by atoms with Gasteiger partial charge in [0.1, 0.15) is 23.4 Å². The van der Waals surface area contributed by atoms with E-state index in [1.165, 1.54) is 43.1 Å². The molecule has 188 valence electrons. The zero-order valence-corrected chi connectivity index (χ0v) is 20.9. The highest BCUT2D eigenvalue weighted by Gasteiger charge is 2.51. The van der Waals surface area contributed by atoms with Gasteiger partial charge in [-0.05, 0) is 38.0 Å². The van der Waals surface area contributed by atoms with Crippen molar-refractivity contribution in [2.45, 2.75) is 37.5 Å². The molecule has 0 bridgehead atoms. The highest BCUT2D eigenvalue weighted by molar-refractivity contribution is 9.10. The Labute approximate surface area is 216 Å². The fourth-order valence-electron chi connectivity index (χ4n) is 3.39. The predicted molar refractivity (Wildman–Crippen MR) is 126 cm³/mol. The topological polar surface area (TPSA) is 106 Å². The van der Waals surface area contributed by atoms with Gasteiger partial charge in [-0.15, -0.1) is 0 Å². The van der Waals surface area contributed by atoms with Crippen LogP contribution in [0.1, 0.15) is 47.4 Å². The van der Waals surface area contributed by atoms with Gasteiger partial charge in [-0.1, -0.05) is 27.5 Å². The van der Waals surface area contributed by atoms with E-state index in [-0.39, 0.29) is 26.5 Å². The van der Waals surface area contributed by atoms with Crippen molar-refractivity contribution in [1.29, 1.82) is 0 Å². The van der Waals surface area contributed by atoms with Crippen LogP contribution in [0.3, 0.4) is 0 Å². The fourth-order valence-corrected chi connectivity index (χ4v) is 4.07. The number of halogens is 5. The number of hydrogen-bond acceptors (Lipinski definition) is 6. The zero-order valence-electron chi connectivity index (χ0n) is 18.6. The lowest BCUT2D eigenvalue weighted by Crippen LogP contribution is -2.49. The number of carbonyl (C=O) groups excluding carboxylic acids is 2. The van der Waals surface area contributed by atoms with Crippen LogP contribution in [0.5, 0.6) is 11.5 Å². The second-order valence-corrected chi connectivity index (χ2v) is 9.46. The molecule has 13 heteroatoms. The summed E-state index contributed by atoms with van der Waals surface area (Å²) in [6, 6.07) is 4.17. The summed E-state index contributed by atoms with van der Waals surface area (Å²) in [5, 5.41) is 5.57. The molecule has 1 aliphatic rings. The van der Waals surface area contributed by atoms with E-state index < -0.39 is 40.9 Å². The third kappa shape index (κ3) is 5.76. The number of ether oxygens (including phenoxy) is 1. The van der Waals surface area contributed by atoms with E-state index in [2.05, 4.69) is 41.5 Å². The van der Waals surface area contributed by atoms with Crippen molar-refractivity contribution in [3.63, 3.8) is 0 Å². The molecule has 0 aliphatic heterocycles. The molecule has 0 radical (unpaired) electrons. The van der Waals surface area contributed by atoms with Gasteiger partial charge in [0.15, 0.2) is 0 Å². The Morgan fingerprint density at radius 1 is 1.17 bits per heavy atom. The molecule has 0 spiro atoms. The number of hydrogen-bond donors (Lipinski definition) is 2. The van der Waals surface area contributed by atoms with Gasteiger partial charge in [0.2, 0.25) is 5.91 Å². The van der Waals surface area contributed by atoms with Crippen LogP contribution >= 0.6 is 27.5 Å². The van der Waals surface area contributed by atoms with E-state index in [4.69, 9.17) is 16.3 Å². The number of aromatic nitrogens is 3. The first-order valence-corrected chi connectivity index (χ1v) is 11.7. The molecule has 1 atom stereocenters. The largest absolute Gasteiger partial charge is 0.455 e. The summed E-state index contributed by atoms with van der Waals surface area (Å²) >= 11 is 9.34. The van der Waals surface area contributed by atoms with E-state index >= 15 is 0 Å². The van der Waals surface area contributed by atoms with E-state index in [0.717, 1.165) is 6.07 Å². The first kappa shape index (κ1) is 25.8. The molecule has 3 aromatic rings. The second-order valence-electron chi connectivity index (χ2n) is 8.14. The van der Waals surface area contributed by atoms with Gasteiger partial charge in [-0.3, -0.25) is 14.6 Å². The van der Waals surface area contributed by atoms with Crippen LogP contribution in [0.25, 0.3) is 0 Å². The van der Waals surface area contributed by atoms with Gasteiger partial charge >= 0.3 is 6.18 Å². The van der Waals surface area contributed by atoms with Crippen molar-refractivity contribution in [3.05, 3.63) is 75.5 Å².